The minimum Gasteiger partial charge on any atom is -0.360 e. The van der Waals surface area contributed by atoms with Gasteiger partial charge in [-0.05, 0) is 19.8 Å². The highest BCUT2D eigenvalue weighted by atomic mass is 16.5. The van der Waals surface area contributed by atoms with E-state index in [0.29, 0.717) is 17.5 Å². The summed E-state index contributed by atoms with van der Waals surface area (Å²) < 4.78 is 4.96. The minimum absolute atomic E-state index is 0.0272. The molecule has 1 aromatic heterocycles. The van der Waals surface area contributed by atoms with Crippen LogP contribution in [-0.4, -0.2) is 59.6 Å². The van der Waals surface area contributed by atoms with E-state index in [4.69, 9.17) is 4.52 Å². The largest absolute Gasteiger partial charge is 0.360 e. The Balaban J connectivity index is 1.81. The fourth-order valence-corrected chi connectivity index (χ4v) is 2.67. The monoisotopic (exact) mass is 294 g/mol. The molecule has 0 bridgehead atoms. The van der Waals surface area contributed by atoms with Gasteiger partial charge in [-0.15, -0.1) is 0 Å². The summed E-state index contributed by atoms with van der Waals surface area (Å²) in [5.74, 6) is 1.84. The van der Waals surface area contributed by atoms with Gasteiger partial charge >= 0.3 is 0 Å². The van der Waals surface area contributed by atoms with Gasteiger partial charge in [0.2, 0.25) is 5.91 Å². The summed E-state index contributed by atoms with van der Waals surface area (Å²) in [4.78, 5) is 16.9. The number of nitrogens with one attached hydrogen (secondary N) is 1. The summed E-state index contributed by atoms with van der Waals surface area (Å²) in [6.07, 6.45) is 0. The second-order valence-corrected chi connectivity index (χ2v) is 6.22. The van der Waals surface area contributed by atoms with Gasteiger partial charge < -0.3 is 14.7 Å². The van der Waals surface area contributed by atoms with Crippen molar-refractivity contribution >= 4 is 11.7 Å². The first-order valence-electron chi connectivity index (χ1n) is 7.66. The highest BCUT2D eigenvalue weighted by Gasteiger charge is 2.26. The Bertz CT molecular complexity index is 464. The zero-order chi connectivity index (χ0) is 15.4. The standard InChI is InChI=1S/C15H26N4O2/c1-11(2)10-18-5-7-19(8-6-18)13(4)15(20)16-14-9-12(3)21-17-14/h9,11,13H,5-8,10H2,1-4H3,(H,16,17,20). The summed E-state index contributed by atoms with van der Waals surface area (Å²) in [6.45, 7) is 13.3. The van der Waals surface area contributed by atoms with Gasteiger partial charge in [-0.3, -0.25) is 9.69 Å². The minimum atomic E-state index is -0.150. The average Bonchev–Trinajstić information content (AvgIpc) is 2.83. The molecular formula is C15H26N4O2. The van der Waals surface area contributed by atoms with Crippen LogP contribution in [0.1, 0.15) is 26.5 Å². The average molecular weight is 294 g/mol. The van der Waals surface area contributed by atoms with Crippen LogP contribution in [0.3, 0.4) is 0 Å². The van der Waals surface area contributed by atoms with E-state index in [9.17, 15) is 4.79 Å². The van der Waals surface area contributed by atoms with Crippen LogP contribution < -0.4 is 5.32 Å². The maximum atomic E-state index is 12.2. The third-order valence-electron chi connectivity index (χ3n) is 3.84. The molecule has 6 heteroatoms. The van der Waals surface area contributed by atoms with E-state index in [1.54, 1.807) is 13.0 Å². The molecule has 1 aromatic rings. The van der Waals surface area contributed by atoms with Gasteiger partial charge in [-0.1, -0.05) is 19.0 Å². The molecule has 1 N–H and O–H groups in total. The molecule has 21 heavy (non-hydrogen) atoms. The summed E-state index contributed by atoms with van der Waals surface area (Å²) in [7, 11) is 0. The van der Waals surface area contributed by atoms with Crippen LogP contribution in [0.4, 0.5) is 5.82 Å². The van der Waals surface area contributed by atoms with Crippen molar-refractivity contribution in [1.82, 2.24) is 15.0 Å². The van der Waals surface area contributed by atoms with Gasteiger partial charge in [-0.25, -0.2) is 0 Å². The first kappa shape index (κ1) is 16.0. The van der Waals surface area contributed by atoms with E-state index in [0.717, 1.165) is 32.7 Å². The summed E-state index contributed by atoms with van der Waals surface area (Å²) >= 11 is 0. The molecule has 1 unspecified atom stereocenters. The van der Waals surface area contributed by atoms with Crippen molar-refractivity contribution in [3.05, 3.63) is 11.8 Å². The van der Waals surface area contributed by atoms with E-state index in [1.165, 1.54) is 0 Å². The number of nitrogens with zero attached hydrogens (tertiary/aromatic N) is 3. The maximum Gasteiger partial charge on any atom is 0.242 e. The highest BCUT2D eigenvalue weighted by molar-refractivity contribution is 5.93. The number of rotatable bonds is 5. The summed E-state index contributed by atoms with van der Waals surface area (Å²) in [6, 6.07) is 1.58. The van der Waals surface area contributed by atoms with Crippen LogP contribution in [0.25, 0.3) is 0 Å². The molecule has 6 nitrogen and oxygen atoms in total. The highest BCUT2D eigenvalue weighted by Crippen LogP contribution is 2.12. The van der Waals surface area contributed by atoms with Crippen molar-refractivity contribution in [2.75, 3.05) is 38.0 Å². The lowest BCUT2D eigenvalue weighted by molar-refractivity contribution is -0.121. The molecule has 1 aliphatic rings. The Morgan fingerprint density at radius 2 is 2.00 bits per heavy atom. The topological polar surface area (TPSA) is 61.6 Å². The Labute approximate surface area is 126 Å². The van der Waals surface area contributed by atoms with Crippen LogP contribution in [-0.2, 0) is 4.79 Å². The molecule has 1 aliphatic heterocycles. The number of anilines is 1. The first-order chi connectivity index (χ1) is 9.95. The lowest BCUT2D eigenvalue weighted by atomic mass is 10.1. The number of piperazine rings is 1. The smallest absolute Gasteiger partial charge is 0.242 e. The van der Waals surface area contributed by atoms with E-state index in [1.807, 2.05) is 6.92 Å². The quantitative estimate of drug-likeness (QED) is 0.893. The molecular weight excluding hydrogens is 268 g/mol. The third-order valence-corrected chi connectivity index (χ3v) is 3.84. The second-order valence-electron chi connectivity index (χ2n) is 6.22. The van der Waals surface area contributed by atoms with Gasteiger partial charge in [0.25, 0.3) is 0 Å². The van der Waals surface area contributed by atoms with Gasteiger partial charge in [0, 0.05) is 38.8 Å². The second kappa shape index (κ2) is 7.04. The molecule has 0 radical (unpaired) electrons. The van der Waals surface area contributed by atoms with Crippen LogP contribution >= 0.6 is 0 Å². The van der Waals surface area contributed by atoms with E-state index >= 15 is 0 Å². The number of amides is 1. The Morgan fingerprint density at radius 3 is 2.52 bits per heavy atom. The van der Waals surface area contributed by atoms with Gasteiger partial charge in [0.1, 0.15) is 5.76 Å². The zero-order valence-corrected chi connectivity index (χ0v) is 13.4. The predicted molar refractivity (Wildman–Crippen MR) is 82.2 cm³/mol. The Kier molecular flexibility index (Phi) is 5.36. The van der Waals surface area contributed by atoms with Gasteiger partial charge in [0.15, 0.2) is 5.82 Å². The molecule has 1 saturated heterocycles. The van der Waals surface area contributed by atoms with Crippen LogP contribution in [0, 0.1) is 12.8 Å². The lowest BCUT2D eigenvalue weighted by Gasteiger charge is -2.37. The third kappa shape index (κ3) is 4.54. The number of hydrogen-bond donors (Lipinski definition) is 1. The van der Waals surface area contributed by atoms with Crippen molar-refractivity contribution in [3.8, 4) is 0 Å². The molecule has 2 heterocycles. The number of carbonyl (C=O) groups excluding carboxylic acids is 1. The van der Waals surface area contributed by atoms with Gasteiger partial charge in [-0.2, -0.15) is 0 Å². The molecule has 2 rings (SSSR count). The van der Waals surface area contributed by atoms with Crippen molar-refractivity contribution in [1.29, 1.82) is 0 Å². The lowest BCUT2D eigenvalue weighted by Crippen LogP contribution is -2.53. The summed E-state index contributed by atoms with van der Waals surface area (Å²) in [5, 5.41) is 6.60. The molecule has 1 amide bonds. The van der Waals surface area contributed by atoms with Crippen LogP contribution in [0.15, 0.2) is 10.6 Å². The van der Waals surface area contributed by atoms with Crippen molar-refractivity contribution in [2.24, 2.45) is 5.92 Å². The predicted octanol–water partition coefficient (Wildman–Crippen LogP) is 1.58. The number of aromatic nitrogens is 1. The fourth-order valence-electron chi connectivity index (χ4n) is 2.67. The van der Waals surface area contributed by atoms with Crippen molar-refractivity contribution in [3.63, 3.8) is 0 Å². The number of carbonyl (C=O) groups is 1. The zero-order valence-electron chi connectivity index (χ0n) is 13.4. The number of aryl methyl sites for hydroxylation is 1. The van der Waals surface area contributed by atoms with Crippen LogP contribution in [0.5, 0.6) is 0 Å². The van der Waals surface area contributed by atoms with E-state index < -0.39 is 0 Å². The summed E-state index contributed by atoms with van der Waals surface area (Å²) in [5.41, 5.74) is 0. The van der Waals surface area contributed by atoms with Crippen molar-refractivity contribution in [2.45, 2.75) is 33.7 Å². The SMILES string of the molecule is Cc1cc(NC(=O)C(C)N2CCN(CC(C)C)CC2)no1. The van der Waals surface area contributed by atoms with Crippen molar-refractivity contribution < 1.29 is 9.32 Å². The van der Waals surface area contributed by atoms with E-state index in [2.05, 4.69) is 34.1 Å². The molecule has 1 atom stereocenters. The first-order valence-corrected chi connectivity index (χ1v) is 7.66. The maximum absolute atomic E-state index is 12.2. The molecule has 0 saturated carbocycles. The Hall–Kier alpha value is -1.40. The van der Waals surface area contributed by atoms with E-state index in [-0.39, 0.29) is 11.9 Å². The molecule has 118 valence electrons. The normalized spacial score (nSPS) is 18.9. The fraction of sp³-hybridized carbons (Fsp3) is 0.733. The molecule has 0 aromatic carbocycles. The molecule has 1 fully saturated rings. The van der Waals surface area contributed by atoms with Crippen LogP contribution in [0.2, 0.25) is 0 Å². The number of hydrogen-bond acceptors (Lipinski definition) is 5. The molecule has 0 aliphatic carbocycles. The Morgan fingerprint density at radius 1 is 1.33 bits per heavy atom. The van der Waals surface area contributed by atoms with Gasteiger partial charge in [0.05, 0.1) is 6.04 Å². The molecule has 0 spiro atoms.